The van der Waals surface area contributed by atoms with E-state index >= 15 is 0 Å². The summed E-state index contributed by atoms with van der Waals surface area (Å²) < 4.78 is 0. The third-order valence-electron chi connectivity index (χ3n) is 4.61. The molecule has 1 saturated heterocycles. The van der Waals surface area contributed by atoms with Gasteiger partial charge in [-0.25, -0.2) is 0 Å². The van der Waals surface area contributed by atoms with Crippen LogP contribution in [0.3, 0.4) is 0 Å². The highest BCUT2D eigenvalue weighted by Gasteiger charge is 2.22. The molecule has 1 fully saturated rings. The molecule has 128 valence electrons. The summed E-state index contributed by atoms with van der Waals surface area (Å²) in [5.41, 5.74) is 0. The fraction of sp³-hybridized carbons (Fsp3) is 0.421. The van der Waals surface area contributed by atoms with Crippen LogP contribution >= 0.6 is 23.4 Å². The molecule has 0 bridgehead atoms. The number of benzene rings is 2. The number of likely N-dealkylation sites (tertiary alicyclic amines) is 1. The van der Waals surface area contributed by atoms with Crippen LogP contribution in [0.5, 0.6) is 0 Å². The maximum absolute atomic E-state index is 12.5. The number of hydrogen-bond donors (Lipinski definition) is 0. The topological polar surface area (TPSA) is 23.6 Å². The van der Waals surface area contributed by atoms with E-state index in [9.17, 15) is 4.79 Å². The average Bonchev–Trinajstić information content (AvgIpc) is 2.97. The maximum Gasteiger partial charge on any atom is 0.232 e. The Kier molecular flexibility index (Phi) is 5.69. The van der Waals surface area contributed by atoms with Crippen molar-refractivity contribution in [3.05, 3.63) is 41.4 Å². The van der Waals surface area contributed by atoms with Crippen LogP contribution in [0.4, 0.5) is 0 Å². The van der Waals surface area contributed by atoms with Crippen molar-refractivity contribution in [3.8, 4) is 0 Å². The van der Waals surface area contributed by atoms with Crippen LogP contribution in [0.1, 0.15) is 6.42 Å². The molecule has 1 unspecified atom stereocenters. The molecule has 1 atom stereocenters. The minimum Gasteiger partial charge on any atom is -0.345 e. The molecule has 1 heterocycles. The Morgan fingerprint density at radius 2 is 2.08 bits per heavy atom. The van der Waals surface area contributed by atoms with E-state index in [-0.39, 0.29) is 5.91 Å². The maximum atomic E-state index is 12.5. The van der Waals surface area contributed by atoms with Gasteiger partial charge in [-0.05, 0) is 43.5 Å². The van der Waals surface area contributed by atoms with E-state index in [1.807, 2.05) is 36.2 Å². The molecule has 0 N–H and O–H groups in total. The zero-order valence-corrected chi connectivity index (χ0v) is 15.7. The van der Waals surface area contributed by atoms with Crippen LogP contribution < -0.4 is 0 Å². The monoisotopic (exact) mass is 362 g/mol. The quantitative estimate of drug-likeness (QED) is 0.751. The predicted molar refractivity (Wildman–Crippen MR) is 103 cm³/mol. The second kappa shape index (κ2) is 7.77. The minimum atomic E-state index is 0.179. The van der Waals surface area contributed by atoms with Crippen molar-refractivity contribution in [2.45, 2.75) is 11.3 Å². The number of nitrogens with zero attached hydrogens (tertiary/aromatic N) is 2. The molecule has 0 radical (unpaired) electrons. The van der Waals surface area contributed by atoms with Gasteiger partial charge in [0.2, 0.25) is 5.91 Å². The number of rotatable bonds is 5. The lowest BCUT2D eigenvalue weighted by molar-refractivity contribution is -0.127. The van der Waals surface area contributed by atoms with E-state index in [2.05, 4.69) is 24.1 Å². The molecule has 0 aliphatic carbocycles. The zero-order valence-electron chi connectivity index (χ0n) is 14.2. The third kappa shape index (κ3) is 4.05. The van der Waals surface area contributed by atoms with Gasteiger partial charge < -0.3 is 9.80 Å². The van der Waals surface area contributed by atoms with E-state index < -0.39 is 0 Å². The lowest BCUT2D eigenvalue weighted by atomic mass is 10.1. The molecule has 5 heteroatoms. The first-order valence-electron chi connectivity index (χ1n) is 8.27. The highest BCUT2D eigenvalue weighted by molar-refractivity contribution is 8.00. The molecule has 3 rings (SSSR count). The number of thioether (sulfide) groups is 1. The van der Waals surface area contributed by atoms with E-state index in [1.165, 1.54) is 6.42 Å². The SMILES string of the molecule is CN1CCC(CN(C)C(=O)CSc2cccc3cccc(Cl)c23)C1. The molecule has 1 amide bonds. The summed E-state index contributed by atoms with van der Waals surface area (Å²) in [4.78, 5) is 17.7. The highest BCUT2D eigenvalue weighted by atomic mass is 35.5. The lowest BCUT2D eigenvalue weighted by Crippen LogP contribution is -2.33. The van der Waals surface area contributed by atoms with Gasteiger partial charge in [-0.1, -0.05) is 35.9 Å². The standard InChI is InChI=1S/C19H23ClN2OS/c1-21-10-9-14(11-21)12-22(2)18(23)13-24-17-8-4-6-15-5-3-7-16(20)19(15)17/h3-8,14H,9-13H2,1-2H3. The number of hydrogen-bond acceptors (Lipinski definition) is 3. The fourth-order valence-electron chi connectivity index (χ4n) is 3.30. The van der Waals surface area contributed by atoms with Gasteiger partial charge in [0.15, 0.2) is 0 Å². The fourth-order valence-corrected chi connectivity index (χ4v) is 4.68. The van der Waals surface area contributed by atoms with Gasteiger partial charge in [-0.2, -0.15) is 0 Å². The van der Waals surface area contributed by atoms with E-state index in [0.29, 0.717) is 11.7 Å². The first-order chi connectivity index (χ1) is 11.5. The van der Waals surface area contributed by atoms with Crippen molar-refractivity contribution in [2.75, 3.05) is 39.5 Å². The molecule has 2 aromatic rings. The molecule has 3 nitrogen and oxygen atoms in total. The summed E-state index contributed by atoms with van der Waals surface area (Å²) >= 11 is 7.93. The van der Waals surface area contributed by atoms with Gasteiger partial charge in [0.25, 0.3) is 0 Å². The summed E-state index contributed by atoms with van der Waals surface area (Å²) in [6.45, 7) is 3.07. The van der Waals surface area contributed by atoms with E-state index in [1.54, 1.807) is 11.8 Å². The predicted octanol–water partition coefficient (Wildman–Crippen LogP) is 4.00. The van der Waals surface area contributed by atoms with Crippen molar-refractivity contribution in [1.29, 1.82) is 0 Å². The van der Waals surface area contributed by atoms with Gasteiger partial charge in [0.1, 0.15) is 0 Å². The molecule has 1 aliphatic rings. The lowest BCUT2D eigenvalue weighted by Gasteiger charge is -2.21. The molecule has 2 aromatic carbocycles. The highest BCUT2D eigenvalue weighted by Crippen LogP contribution is 2.33. The zero-order chi connectivity index (χ0) is 17.1. The average molecular weight is 363 g/mol. The Bertz CT molecular complexity index is 731. The number of amides is 1. The van der Waals surface area contributed by atoms with Crippen LogP contribution in [-0.4, -0.2) is 55.2 Å². The molecular formula is C19H23ClN2OS. The van der Waals surface area contributed by atoms with Crippen LogP contribution in [0.15, 0.2) is 41.3 Å². The van der Waals surface area contributed by atoms with Crippen LogP contribution in [0.25, 0.3) is 10.8 Å². The Labute approximate surface area is 152 Å². The summed E-state index contributed by atoms with van der Waals surface area (Å²) in [6, 6.07) is 12.0. The van der Waals surface area contributed by atoms with Gasteiger partial charge in [-0.3, -0.25) is 4.79 Å². The van der Waals surface area contributed by atoms with Crippen LogP contribution in [-0.2, 0) is 4.79 Å². The van der Waals surface area contributed by atoms with Gasteiger partial charge in [0.05, 0.1) is 5.75 Å². The minimum absolute atomic E-state index is 0.179. The van der Waals surface area contributed by atoms with Crippen molar-refractivity contribution >= 4 is 40.0 Å². The normalized spacial score (nSPS) is 18.2. The Morgan fingerprint density at radius 1 is 1.33 bits per heavy atom. The summed E-state index contributed by atoms with van der Waals surface area (Å²) in [5, 5.41) is 2.90. The first kappa shape index (κ1) is 17.6. The van der Waals surface area contributed by atoms with Crippen molar-refractivity contribution < 1.29 is 4.79 Å². The second-order valence-corrected chi connectivity index (χ2v) is 8.00. The Hall–Kier alpha value is -1.23. The van der Waals surface area contributed by atoms with Crippen LogP contribution in [0, 0.1) is 5.92 Å². The number of carbonyl (C=O) groups is 1. The first-order valence-corrected chi connectivity index (χ1v) is 9.63. The van der Waals surface area contributed by atoms with Gasteiger partial charge >= 0.3 is 0 Å². The number of halogens is 1. The molecule has 24 heavy (non-hydrogen) atoms. The molecule has 1 aliphatic heterocycles. The second-order valence-electron chi connectivity index (χ2n) is 6.57. The summed E-state index contributed by atoms with van der Waals surface area (Å²) in [6.07, 6.45) is 1.18. The third-order valence-corrected chi connectivity index (χ3v) is 5.97. The molecule has 0 aromatic heterocycles. The Balaban J connectivity index is 1.62. The number of fused-ring (bicyclic) bond motifs is 1. The van der Waals surface area contributed by atoms with E-state index in [4.69, 9.17) is 11.6 Å². The molecule has 0 saturated carbocycles. The summed E-state index contributed by atoms with van der Waals surface area (Å²) in [7, 11) is 4.05. The Morgan fingerprint density at radius 3 is 2.79 bits per heavy atom. The van der Waals surface area contributed by atoms with Gasteiger partial charge in [0, 0.05) is 35.4 Å². The van der Waals surface area contributed by atoms with Crippen molar-refractivity contribution in [2.24, 2.45) is 5.92 Å². The van der Waals surface area contributed by atoms with Crippen molar-refractivity contribution in [3.63, 3.8) is 0 Å². The van der Waals surface area contributed by atoms with Crippen molar-refractivity contribution in [1.82, 2.24) is 9.80 Å². The van der Waals surface area contributed by atoms with Crippen LogP contribution in [0.2, 0.25) is 5.02 Å². The molecular weight excluding hydrogens is 340 g/mol. The smallest absolute Gasteiger partial charge is 0.232 e. The molecule has 0 spiro atoms. The summed E-state index contributed by atoms with van der Waals surface area (Å²) in [5.74, 6) is 1.23. The van der Waals surface area contributed by atoms with E-state index in [0.717, 1.165) is 40.3 Å². The number of carbonyl (C=O) groups excluding carboxylic acids is 1. The largest absolute Gasteiger partial charge is 0.345 e. The van der Waals surface area contributed by atoms with Gasteiger partial charge in [-0.15, -0.1) is 11.8 Å².